The van der Waals surface area contributed by atoms with E-state index < -0.39 is 0 Å². The van der Waals surface area contributed by atoms with Gasteiger partial charge in [-0.1, -0.05) is 20.8 Å². The Morgan fingerprint density at radius 1 is 1.27 bits per heavy atom. The average molecular weight is 203 g/mol. The van der Waals surface area contributed by atoms with Gasteiger partial charge in [0.2, 0.25) is 0 Å². The van der Waals surface area contributed by atoms with Crippen molar-refractivity contribution in [3.63, 3.8) is 0 Å². The monoisotopic (exact) mass is 203 g/mol. The summed E-state index contributed by atoms with van der Waals surface area (Å²) in [6.45, 7) is 6.65. The van der Waals surface area contributed by atoms with Gasteiger partial charge in [0.25, 0.3) is 0 Å². The fourth-order valence-corrected chi connectivity index (χ4v) is 1.88. The summed E-state index contributed by atoms with van der Waals surface area (Å²) in [6.07, 6.45) is 3.05. The van der Waals surface area contributed by atoms with E-state index in [-0.39, 0.29) is 5.41 Å². The maximum Gasteiger partial charge on any atom is 0.116 e. The number of nitrogens with one attached hydrogen (secondary N) is 1. The lowest BCUT2D eigenvalue weighted by Crippen LogP contribution is -2.08. The topological polar surface area (TPSA) is 36.0 Å². The maximum atomic E-state index is 9.46. The van der Waals surface area contributed by atoms with Gasteiger partial charge < -0.3 is 10.1 Å². The van der Waals surface area contributed by atoms with E-state index in [1.54, 1.807) is 6.07 Å². The van der Waals surface area contributed by atoms with E-state index >= 15 is 0 Å². The van der Waals surface area contributed by atoms with Crippen LogP contribution < -0.4 is 0 Å². The zero-order chi connectivity index (χ0) is 11.1. The summed E-state index contributed by atoms with van der Waals surface area (Å²) in [5, 5.41) is 10.6. The van der Waals surface area contributed by atoms with Gasteiger partial charge in [0.15, 0.2) is 0 Å². The average Bonchev–Trinajstić information content (AvgIpc) is 2.46. The van der Waals surface area contributed by atoms with Gasteiger partial charge in [-0.15, -0.1) is 0 Å². The summed E-state index contributed by atoms with van der Waals surface area (Å²) in [6, 6.07) is 5.45. The molecule has 2 rings (SSSR count). The molecule has 0 aliphatic carbocycles. The highest BCUT2D eigenvalue weighted by molar-refractivity contribution is 5.84. The molecule has 1 aromatic heterocycles. The Hall–Kier alpha value is -1.44. The van der Waals surface area contributed by atoms with Crippen molar-refractivity contribution >= 4 is 10.9 Å². The van der Waals surface area contributed by atoms with E-state index in [2.05, 4.69) is 25.8 Å². The Bertz CT molecular complexity index is 477. The molecule has 0 saturated heterocycles. The number of aromatic hydroxyl groups is 1. The maximum absolute atomic E-state index is 9.46. The van der Waals surface area contributed by atoms with Crippen LogP contribution in [0.4, 0.5) is 0 Å². The number of phenols is 1. The summed E-state index contributed by atoms with van der Waals surface area (Å²) < 4.78 is 0. The summed E-state index contributed by atoms with van der Waals surface area (Å²) in [5.41, 5.74) is 2.63. The Morgan fingerprint density at radius 2 is 2.00 bits per heavy atom. The third-order valence-electron chi connectivity index (χ3n) is 2.47. The second-order valence-electron chi connectivity index (χ2n) is 5.28. The molecule has 0 atom stereocenters. The third kappa shape index (κ3) is 2.14. The first-order valence-electron chi connectivity index (χ1n) is 5.25. The van der Waals surface area contributed by atoms with E-state index in [1.165, 1.54) is 5.56 Å². The molecular formula is C13H17NO. The van der Waals surface area contributed by atoms with Crippen molar-refractivity contribution in [3.8, 4) is 5.75 Å². The lowest BCUT2D eigenvalue weighted by molar-refractivity contribution is 0.412. The van der Waals surface area contributed by atoms with Crippen molar-refractivity contribution < 1.29 is 5.11 Å². The van der Waals surface area contributed by atoms with Crippen molar-refractivity contribution in [2.24, 2.45) is 5.41 Å². The predicted octanol–water partition coefficient (Wildman–Crippen LogP) is 3.46. The zero-order valence-corrected chi connectivity index (χ0v) is 9.46. The molecule has 1 aromatic carbocycles. The van der Waals surface area contributed by atoms with E-state index in [0.717, 1.165) is 17.3 Å². The number of fused-ring (bicyclic) bond motifs is 1. The molecule has 0 radical (unpaired) electrons. The molecule has 0 aliphatic rings. The Labute approximate surface area is 89.9 Å². The van der Waals surface area contributed by atoms with Crippen LogP contribution in [0.25, 0.3) is 10.9 Å². The highest BCUT2D eigenvalue weighted by Crippen LogP contribution is 2.28. The SMILES string of the molecule is CC(C)(C)Cc1c[nH]c2ccc(O)cc12. The molecule has 0 saturated carbocycles. The fourth-order valence-electron chi connectivity index (χ4n) is 1.88. The number of benzene rings is 1. The van der Waals surface area contributed by atoms with Gasteiger partial charge in [0.05, 0.1) is 0 Å². The van der Waals surface area contributed by atoms with Gasteiger partial charge in [-0.3, -0.25) is 0 Å². The van der Waals surface area contributed by atoms with Crippen LogP contribution in [0.15, 0.2) is 24.4 Å². The standard InChI is InChI=1S/C13H17NO/c1-13(2,3)7-9-8-14-12-5-4-10(15)6-11(9)12/h4-6,8,14-15H,7H2,1-3H3. The minimum atomic E-state index is 0.264. The summed E-state index contributed by atoms with van der Waals surface area (Å²) >= 11 is 0. The van der Waals surface area contributed by atoms with Crippen molar-refractivity contribution in [1.29, 1.82) is 0 Å². The van der Waals surface area contributed by atoms with Gasteiger partial charge in [0, 0.05) is 17.1 Å². The molecule has 0 amide bonds. The number of H-pyrrole nitrogens is 1. The fraction of sp³-hybridized carbons (Fsp3) is 0.385. The van der Waals surface area contributed by atoms with Crippen molar-refractivity contribution in [1.82, 2.24) is 4.98 Å². The minimum absolute atomic E-state index is 0.264. The molecule has 2 aromatic rings. The second-order valence-corrected chi connectivity index (χ2v) is 5.28. The number of aromatic nitrogens is 1. The van der Waals surface area contributed by atoms with E-state index in [1.807, 2.05) is 18.3 Å². The van der Waals surface area contributed by atoms with E-state index in [4.69, 9.17) is 0 Å². The number of rotatable bonds is 1. The summed E-state index contributed by atoms with van der Waals surface area (Å²) in [7, 11) is 0. The number of phenolic OH excluding ortho intramolecular Hbond substituents is 1. The largest absolute Gasteiger partial charge is 0.508 e. The molecule has 0 aliphatic heterocycles. The first-order chi connectivity index (χ1) is 6.96. The molecule has 0 unspecified atom stereocenters. The molecule has 0 fully saturated rings. The van der Waals surface area contributed by atoms with E-state index in [9.17, 15) is 5.11 Å². The molecule has 1 heterocycles. The Balaban J connectivity index is 2.48. The predicted molar refractivity (Wildman–Crippen MR) is 63.1 cm³/mol. The lowest BCUT2D eigenvalue weighted by Gasteiger charge is -2.17. The highest BCUT2D eigenvalue weighted by atomic mass is 16.3. The van der Waals surface area contributed by atoms with Crippen LogP contribution in [0, 0.1) is 5.41 Å². The molecule has 2 N–H and O–H groups in total. The van der Waals surface area contributed by atoms with Crippen molar-refractivity contribution in [2.45, 2.75) is 27.2 Å². The second kappa shape index (κ2) is 3.30. The summed E-state index contributed by atoms with van der Waals surface area (Å²) in [5.74, 6) is 0.331. The normalized spacial score (nSPS) is 12.2. The molecule has 0 bridgehead atoms. The van der Waals surface area contributed by atoms with Crippen LogP contribution in [-0.2, 0) is 6.42 Å². The van der Waals surface area contributed by atoms with Crippen LogP contribution in [0.3, 0.4) is 0 Å². The molecule has 15 heavy (non-hydrogen) atoms. The van der Waals surface area contributed by atoms with Gasteiger partial charge in [0.1, 0.15) is 5.75 Å². The lowest BCUT2D eigenvalue weighted by atomic mass is 9.88. The van der Waals surface area contributed by atoms with Crippen molar-refractivity contribution in [3.05, 3.63) is 30.0 Å². The zero-order valence-electron chi connectivity index (χ0n) is 9.46. The van der Waals surface area contributed by atoms with Crippen LogP contribution in [0.5, 0.6) is 5.75 Å². The van der Waals surface area contributed by atoms with Gasteiger partial charge >= 0.3 is 0 Å². The first kappa shape index (κ1) is 10.1. The number of aromatic amines is 1. The minimum Gasteiger partial charge on any atom is -0.508 e. The molecule has 2 heteroatoms. The first-order valence-corrected chi connectivity index (χ1v) is 5.25. The Kier molecular flexibility index (Phi) is 2.22. The van der Waals surface area contributed by atoms with Crippen LogP contribution in [0.1, 0.15) is 26.3 Å². The quantitative estimate of drug-likeness (QED) is 0.731. The molecule has 0 spiro atoms. The number of hydrogen-bond donors (Lipinski definition) is 2. The van der Waals surface area contributed by atoms with E-state index in [0.29, 0.717) is 5.75 Å². The van der Waals surface area contributed by atoms with Gasteiger partial charge in [-0.05, 0) is 35.6 Å². The molecular weight excluding hydrogens is 186 g/mol. The Morgan fingerprint density at radius 3 is 2.67 bits per heavy atom. The van der Waals surface area contributed by atoms with Gasteiger partial charge in [-0.2, -0.15) is 0 Å². The van der Waals surface area contributed by atoms with Crippen LogP contribution in [0.2, 0.25) is 0 Å². The highest BCUT2D eigenvalue weighted by Gasteiger charge is 2.14. The van der Waals surface area contributed by atoms with Crippen LogP contribution >= 0.6 is 0 Å². The third-order valence-corrected chi connectivity index (χ3v) is 2.47. The molecule has 80 valence electrons. The van der Waals surface area contributed by atoms with Crippen molar-refractivity contribution in [2.75, 3.05) is 0 Å². The molecule has 2 nitrogen and oxygen atoms in total. The van der Waals surface area contributed by atoms with Crippen LogP contribution in [-0.4, -0.2) is 10.1 Å². The smallest absolute Gasteiger partial charge is 0.116 e. The number of hydrogen-bond acceptors (Lipinski definition) is 1. The van der Waals surface area contributed by atoms with Gasteiger partial charge in [-0.25, -0.2) is 0 Å². The summed E-state index contributed by atoms with van der Waals surface area (Å²) in [4.78, 5) is 3.23.